The van der Waals surface area contributed by atoms with Gasteiger partial charge in [-0.1, -0.05) is 0 Å². The van der Waals surface area contributed by atoms with Gasteiger partial charge in [0.05, 0.1) is 10.7 Å². The van der Waals surface area contributed by atoms with E-state index in [1.54, 1.807) is 13.1 Å². The van der Waals surface area contributed by atoms with E-state index in [-0.39, 0.29) is 11.4 Å². The van der Waals surface area contributed by atoms with Crippen molar-refractivity contribution in [2.45, 2.75) is 6.42 Å². The first kappa shape index (κ1) is 15.2. The summed E-state index contributed by atoms with van der Waals surface area (Å²) >= 11 is 0. The molecule has 0 atom stereocenters. The Balaban J connectivity index is 2.67. The van der Waals surface area contributed by atoms with Crippen LogP contribution in [-0.4, -0.2) is 32.7 Å². The van der Waals surface area contributed by atoms with Gasteiger partial charge in [0.1, 0.15) is 0 Å². The maximum absolute atomic E-state index is 10.7. The molecule has 0 unspecified atom stereocenters. The molecule has 1 aromatic rings. The van der Waals surface area contributed by atoms with Crippen LogP contribution in [0.2, 0.25) is 0 Å². The average molecular weight is 288 g/mol. The second kappa shape index (κ2) is 6.34. The number of nitro benzene ring substituents is 1. The number of hydrogen-bond donors (Lipinski definition) is 3. The molecule has 0 amide bonds. The van der Waals surface area contributed by atoms with Crippen LogP contribution in [0.5, 0.6) is 0 Å². The summed E-state index contributed by atoms with van der Waals surface area (Å²) in [6.07, 6.45) is 0.330. The SMILES string of the molecule is CNc1cc(NCCCS(N)(=O)=O)cc([N+](=O)[O-])c1. The lowest BCUT2D eigenvalue weighted by Gasteiger charge is -2.08. The highest BCUT2D eigenvalue weighted by Crippen LogP contribution is 2.23. The number of primary sulfonamides is 1. The van der Waals surface area contributed by atoms with Crippen molar-refractivity contribution in [2.24, 2.45) is 5.14 Å². The van der Waals surface area contributed by atoms with Crippen LogP contribution >= 0.6 is 0 Å². The fourth-order valence-corrected chi connectivity index (χ4v) is 2.02. The Hall–Kier alpha value is -1.87. The van der Waals surface area contributed by atoms with Crippen LogP contribution in [0.1, 0.15) is 6.42 Å². The molecule has 19 heavy (non-hydrogen) atoms. The van der Waals surface area contributed by atoms with Gasteiger partial charge in [-0.15, -0.1) is 0 Å². The van der Waals surface area contributed by atoms with E-state index in [0.29, 0.717) is 24.3 Å². The lowest BCUT2D eigenvalue weighted by molar-refractivity contribution is -0.384. The summed E-state index contributed by atoms with van der Waals surface area (Å²) in [6, 6.07) is 4.50. The van der Waals surface area contributed by atoms with Crippen molar-refractivity contribution in [3.05, 3.63) is 28.3 Å². The first-order valence-electron chi connectivity index (χ1n) is 5.53. The first-order chi connectivity index (χ1) is 8.81. The van der Waals surface area contributed by atoms with Crippen molar-refractivity contribution in [1.82, 2.24) is 0 Å². The number of rotatable bonds is 7. The highest BCUT2D eigenvalue weighted by atomic mass is 32.2. The summed E-state index contributed by atoms with van der Waals surface area (Å²) in [6.45, 7) is 0.362. The predicted molar refractivity (Wildman–Crippen MR) is 73.7 cm³/mol. The number of anilines is 2. The van der Waals surface area contributed by atoms with Crippen molar-refractivity contribution < 1.29 is 13.3 Å². The molecule has 0 spiro atoms. The highest BCUT2D eigenvalue weighted by molar-refractivity contribution is 7.89. The van der Waals surface area contributed by atoms with Crippen molar-refractivity contribution in [3.63, 3.8) is 0 Å². The number of nitrogens with two attached hydrogens (primary N) is 1. The molecule has 106 valence electrons. The predicted octanol–water partition coefficient (Wildman–Crippen LogP) is 0.727. The number of nitrogens with one attached hydrogen (secondary N) is 2. The molecule has 0 bridgehead atoms. The summed E-state index contributed by atoms with van der Waals surface area (Å²) in [5.74, 6) is -0.131. The number of nitro groups is 1. The van der Waals surface area contributed by atoms with Crippen LogP contribution in [0.25, 0.3) is 0 Å². The van der Waals surface area contributed by atoms with E-state index in [0.717, 1.165) is 0 Å². The molecule has 0 aliphatic heterocycles. The fraction of sp³-hybridized carbons (Fsp3) is 0.400. The molecular formula is C10H16N4O4S. The first-order valence-corrected chi connectivity index (χ1v) is 7.25. The van der Waals surface area contributed by atoms with Crippen LogP contribution in [0.15, 0.2) is 18.2 Å². The fourth-order valence-electron chi connectivity index (χ4n) is 1.47. The summed E-state index contributed by atoms with van der Waals surface area (Å²) < 4.78 is 21.5. The molecule has 0 saturated heterocycles. The summed E-state index contributed by atoms with van der Waals surface area (Å²) in [4.78, 5) is 10.2. The molecule has 4 N–H and O–H groups in total. The van der Waals surface area contributed by atoms with Gasteiger partial charge < -0.3 is 10.6 Å². The zero-order valence-electron chi connectivity index (χ0n) is 10.4. The smallest absolute Gasteiger partial charge is 0.273 e. The van der Waals surface area contributed by atoms with Crippen molar-refractivity contribution in [3.8, 4) is 0 Å². The molecule has 0 heterocycles. The Kier molecular flexibility index (Phi) is 5.07. The number of benzene rings is 1. The highest BCUT2D eigenvalue weighted by Gasteiger charge is 2.09. The summed E-state index contributed by atoms with van der Waals surface area (Å²) in [7, 11) is -1.82. The lowest BCUT2D eigenvalue weighted by Crippen LogP contribution is -2.18. The van der Waals surface area contributed by atoms with Crippen molar-refractivity contribution >= 4 is 27.1 Å². The molecule has 0 radical (unpaired) electrons. The number of hydrogen-bond acceptors (Lipinski definition) is 6. The van der Waals surface area contributed by atoms with Gasteiger partial charge in [0.2, 0.25) is 10.0 Å². The zero-order chi connectivity index (χ0) is 14.5. The average Bonchev–Trinajstić information content (AvgIpc) is 2.33. The van der Waals surface area contributed by atoms with Crippen LogP contribution in [0, 0.1) is 10.1 Å². The monoisotopic (exact) mass is 288 g/mol. The number of nitrogens with zero attached hydrogens (tertiary/aromatic N) is 1. The summed E-state index contributed by atoms with van der Waals surface area (Å²) in [5.41, 5.74) is 1.11. The van der Waals surface area contributed by atoms with Gasteiger partial charge in [-0.2, -0.15) is 0 Å². The minimum Gasteiger partial charge on any atom is -0.388 e. The van der Waals surface area contributed by atoms with Gasteiger partial charge in [-0.05, 0) is 12.5 Å². The molecule has 9 heteroatoms. The molecule has 0 saturated carbocycles. The molecule has 1 rings (SSSR count). The Morgan fingerprint density at radius 2 is 1.95 bits per heavy atom. The molecule has 0 aliphatic carbocycles. The molecule has 0 aromatic heterocycles. The standard InChI is InChI=1S/C10H16N4O4S/c1-12-8-5-9(7-10(6-8)14(15)16)13-3-2-4-19(11,17)18/h5-7,12-13H,2-4H2,1H3,(H2,11,17,18). The van der Waals surface area contributed by atoms with Gasteiger partial charge in [0.15, 0.2) is 0 Å². The zero-order valence-corrected chi connectivity index (χ0v) is 11.2. The van der Waals surface area contributed by atoms with Gasteiger partial charge in [0.25, 0.3) is 5.69 Å². The minimum absolute atomic E-state index is 0.0409. The Labute approximate surface area is 111 Å². The van der Waals surface area contributed by atoms with Crippen LogP contribution in [0.4, 0.5) is 17.1 Å². The topological polar surface area (TPSA) is 127 Å². The van der Waals surface area contributed by atoms with Gasteiger partial charge in [-0.25, -0.2) is 13.6 Å². The van der Waals surface area contributed by atoms with E-state index in [1.165, 1.54) is 12.1 Å². The molecule has 0 fully saturated rings. The van der Waals surface area contributed by atoms with Crippen LogP contribution < -0.4 is 15.8 Å². The number of non-ortho nitro benzene ring substituents is 1. The van der Waals surface area contributed by atoms with Gasteiger partial charge in [-0.3, -0.25) is 10.1 Å². The van der Waals surface area contributed by atoms with E-state index in [1.807, 2.05) is 0 Å². The van der Waals surface area contributed by atoms with Crippen molar-refractivity contribution in [1.29, 1.82) is 0 Å². The van der Waals surface area contributed by atoms with Crippen LogP contribution in [0.3, 0.4) is 0 Å². The maximum atomic E-state index is 10.7. The molecular weight excluding hydrogens is 272 g/mol. The second-order valence-corrected chi connectivity index (χ2v) is 5.66. The maximum Gasteiger partial charge on any atom is 0.273 e. The molecule has 0 aliphatic rings. The van der Waals surface area contributed by atoms with Crippen LogP contribution in [-0.2, 0) is 10.0 Å². The van der Waals surface area contributed by atoms with Gasteiger partial charge in [0, 0.05) is 37.1 Å². The summed E-state index contributed by atoms with van der Waals surface area (Å²) in [5, 5.41) is 21.3. The van der Waals surface area contributed by atoms with E-state index >= 15 is 0 Å². The number of sulfonamides is 1. The largest absolute Gasteiger partial charge is 0.388 e. The minimum atomic E-state index is -3.47. The third-order valence-electron chi connectivity index (χ3n) is 2.35. The molecule has 1 aromatic carbocycles. The van der Waals surface area contributed by atoms with E-state index < -0.39 is 14.9 Å². The second-order valence-electron chi connectivity index (χ2n) is 3.92. The normalized spacial score (nSPS) is 11.1. The third kappa shape index (κ3) is 5.53. The third-order valence-corrected chi connectivity index (χ3v) is 3.21. The van der Waals surface area contributed by atoms with Crippen molar-refractivity contribution in [2.75, 3.05) is 30.0 Å². The van der Waals surface area contributed by atoms with E-state index in [4.69, 9.17) is 5.14 Å². The quantitative estimate of drug-likeness (QED) is 0.385. The van der Waals surface area contributed by atoms with E-state index in [9.17, 15) is 18.5 Å². The molecule has 8 nitrogen and oxygen atoms in total. The Bertz CT molecular complexity index is 559. The van der Waals surface area contributed by atoms with Gasteiger partial charge >= 0.3 is 0 Å². The Morgan fingerprint density at radius 3 is 2.47 bits per heavy atom. The lowest BCUT2D eigenvalue weighted by atomic mass is 10.2. The van der Waals surface area contributed by atoms with E-state index in [2.05, 4.69) is 10.6 Å². The Morgan fingerprint density at radius 1 is 1.32 bits per heavy atom.